The van der Waals surface area contributed by atoms with Gasteiger partial charge in [0, 0.05) is 17.4 Å². The highest BCUT2D eigenvalue weighted by Gasteiger charge is 2.21. The highest BCUT2D eigenvalue weighted by molar-refractivity contribution is 7.80. The van der Waals surface area contributed by atoms with E-state index in [1.807, 2.05) is 6.07 Å². The monoisotopic (exact) mass is 300 g/mol. The van der Waals surface area contributed by atoms with Gasteiger partial charge in [-0.1, -0.05) is 12.2 Å². The minimum Gasteiger partial charge on any atom is -0.464 e. The summed E-state index contributed by atoms with van der Waals surface area (Å²) in [5.41, 5.74) is 13.1. The molecule has 0 saturated carbocycles. The average Bonchev–Trinajstić information content (AvgIpc) is 2.83. The molecule has 0 aliphatic heterocycles. The molecule has 6 nitrogen and oxygen atoms in total. The number of carbonyl (C=O) groups is 1. The minimum atomic E-state index is -0.618. The Morgan fingerprint density at radius 1 is 1.38 bits per heavy atom. The smallest absolute Gasteiger partial charge is 0.357 e. The van der Waals surface area contributed by atoms with Gasteiger partial charge in [0.25, 0.3) is 0 Å². The number of anilines is 1. The Balaban J connectivity index is 2.60. The zero-order valence-corrected chi connectivity index (χ0v) is 12.0. The van der Waals surface area contributed by atoms with E-state index in [2.05, 4.69) is 0 Å². The lowest BCUT2D eigenvalue weighted by Gasteiger charge is -2.09. The van der Waals surface area contributed by atoms with E-state index < -0.39 is 5.97 Å². The molecule has 0 aliphatic carbocycles. The fourth-order valence-electron chi connectivity index (χ4n) is 1.90. The van der Waals surface area contributed by atoms with Crippen molar-refractivity contribution in [3.05, 3.63) is 47.3 Å². The number of carbonyl (C=O) groups excluding carboxylic acids is 1. The molecule has 1 aromatic heterocycles. The number of benzene rings is 1. The van der Waals surface area contributed by atoms with Crippen molar-refractivity contribution in [2.75, 3.05) is 12.8 Å². The van der Waals surface area contributed by atoms with E-state index in [4.69, 9.17) is 33.7 Å². The van der Waals surface area contributed by atoms with Crippen LogP contribution in [-0.4, -0.2) is 22.6 Å². The van der Waals surface area contributed by atoms with Crippen LogP contribution in [0.4, 0.5) is 5.69 Å². The Hall–Kier alpha value is -2.85. The van der Waals surface area contributed by atoms with Gasteiger partial charge >= 0.3 is 5.97 Å². The second-order valence-corrected chi connectivity index (χ2v) is 4.63. The number of nitrogen functional groups attached to an aromatic ring is 1. The molecule has 7 heteroatoms. The van der Waals surface area contributed by atoms with E-state index in [0.29, 0.717) is 11.3 Å². The van der Waals surface area contributed by atoms with Crippen molar-refractivity contribution in [1.82, 2.24) is 4.57 Å². The molecule has 0 radical (unpaired) electrons. The first-order chi connectivity index (χ1) is 9.99. The molecule has 0 bridgehead atoms. The van der Waals surface area contributed by atoms with Crippen molar-refractivity contribution in [3.8, 4) is 11.8 Å². The van der Waals surface area contributed by atoms with Crippen LogP contribution >= 0.6 is 12.2 Å². The Morgan fingerprint density at radius 2 is 2.00 bits per heavy atom. The Bertz CT molecular complexity index is 757. The van der Waals surface area contributed by atoms with Crippen molar-refractivity contribution in [2.24, 2.45) is 5.73 Å². The number of rotatable bonds is 3. The van der Waals surface area contributed by atoms with Crippen LogP contribution in [0.3, 0.4) is 0 Å². The standard InChI is InChI=1S/C14H12N4O2S/c1-20-14(19)12-11(16)9(6-15)7-18(12)10-4-2-8(3-5-10)13(17)21/h2-5,7H,16H2,1H3,(H2,17,21). The van der Waals surface area contributed by atoms with Crippen LogP contribution < -0.4 is 11.5 Å². The molecule has 1 aromatic carbocycles. The third-order valence-corrected chi connectivity index (χ3v) is 3.21. The Morgan fingerprint density at radius 3 is 2.48 bits per heavy atom. The molecule has 0 unspecified atom stereocenters. The van der Waals surface area contributed by atoms with Crippen LogP contribution in [0.15, 0.2) is 30.5 Å². The predicted octanol–water partition coefficient (Wildman–Crippen LogP) is 1.35. The zero-order chi connectivity index (χ0) is 15.6. The van der Waals surface area contributed by atoms with E-state index in [0.717, 1.165) is 0 Å². The van der Waals surface area contributed by atoms with Gasteiger partial charge in [0.05, 0.1) is 18.4 Å². The zero-order valence-electron chi connectivity index (χ0n) is 11.2. The van der Waals surface area contributed by atoms with Crippen molar-refractivity contribution in [1.29, 1.82) is 5.26 Å². The number of esters is 1. The Kier molecular flexibility index (Phi) is 3.91. The van der Waals surface area contributed by atoms with Gasteiger partial charge in [0.1, 0.15) is 11.1 Å². The summed E-state index contributed by atoms with van der Waals surface area (Å²) in [6.07, 6.45) is 1.48. The maximum Gasteiger partial charge on any atom is 0.357 e. The van der Waals surface area contributed by atoms with Crippen LogP contribution in [0, 0.1) is 11.3 Å². The minimum absolute atomic E-state index is 0.0859. The van der Waals surface area contributed by atoms with E-state index in [9.17, 15) is 4.79 Å². The highest BCUT2D eigenvalue weighted by Crippen LogP contribution is 2.24. The number of nitriles is 1. The van der Waals surface area contributed by atoms with Gasteiger partial charge in [-0.3, -0.25) is 0 Å². The molecule has 4 N–H and O–H groups in total. The number of aromatic nitrogens is 1. The summed E-state index contributed by atoms with van der Waals surface area (Å²) in [7, 11) is 1.25. The number of hydrogen-bond donors (Lipinski definition) is 2. The molecule has 0 saturated heterocycles. The van der Waals surface area contributed by atoms with Crippen LogP contribution in [0.1, 0.15) is 21.6 Å². The summed E-state index contributed by atoms with van der Waals surface area (Å²) >= 11 is 4.89. The average molecular weight is 300 g/mol. The fourth-order valence-corrected chi connectivity index (χ4v) is 2.04. The molecule has 0 amide bonds. The van der Waals surface area contributed by atoms with E-state index in [-0.39, 0.29) is 21.9 Å². The first-order valence-corrected chi connectivity index (χ1v) is 6.30. The molecule has 21 heavy (non-hydrogen) atoms. The Labute approximate surface area is 126 Å². The number of methoxy groups -OCH3 is 1. The number of nitrogens with two attached hydrogens (primary N) is 2. The quantitative estimate of drug-likeness (QED) is 0.654. The number of nitrogens with zero attached hydrogens (tertiary/aromatic N) is 2. The summed E-state index contributed by atoms with van der Waals surface area (Å²) in [5, 5.41) is 9.05. The summed E-state index contributed by atoms with van der Waals surface area (Å²) in [4.78, 5) is 12.1. The van der Waals surface area contributed by atoms with Gasteiger partial charge in [-0.25, -0.2) is 4.79 Å². The van der Waals surface area contributed by atoms with Crippen LogP contribution in [0.2, 0.25) is 0 Å². The molecule has 106 valence electrons. The highest BCUT2D eigenvalue weighted by atomic mass is 32.1. The van der Waals surface area contributed by atoms with Gasteiger partial charge in [-0.2, -0.15) is 5.26 Å². The topological polar surface area (TPSA) is 107 Å². The first-order valence-electron chi connectivity index (χ1n) is 5.89. The summed E-state index contributed by atoms with van der Waals surface area (Å²) in [5.74, 6) is -0.618. The molecule has 2 aromatic rings. The van der Waals surface area contributed by atoms with Crippen LogP contribution in [0.5, 0.6) is 0 Å². The molecule has 0 atom stereocenters. The van der Waals surface area contributed by atoms with Gasteiger partial charge in [-0.15, -0.1) is 0 Å². The molecule has 0 aliphatic rings. The molecule has 0 spiro atoms. The van der Waals surface area contributed by atoms with Crippen molar-refractivity contribution >= 4 is 28.9 Å². The third kappa shape index (κ3) is 2.57. The van der Waals surface area contributed by atoms with Crippen LogP contribution in [-0.2, 0) is 4.74 Å². The molecule has 0 fully saturated rings. The largest absolute Gasteiger partial charge is 0.464 e. The molecular formula is C14H12N4O2S. The molecular weight excluding hydrogens is 288 g/mol. The van der Waals surface area contributed by atoms with Gasteiger partial charge in [-0.05, 0) is 24.3 Å². The normalized spacial score (nSPS) is 9.90. The van der Waals surface area contributed by atoms with Gasteiger partial charge < -0.3 is 20.8 Å². The van der Waals surface area contributed by atoms with Crippen LogP contribution in [0.25, 0.3) is 5.69 Å². The molecule has 2 rings (SSSR count). The lowest BCUT2D eigenvalue weighted by atomic mass is 10.2. The van der Waals surface area contributed by atoms with E-state index >= 15 is 0 Å². The fraction of sp³-hybridized carbons (Fsp3) is 0.0714. The van der Waals surface area contributed by atoms with Gasteiger partial charge in [0.2, 0.25) is 0 Å². The van der Waals surface area contributed by atoms with Crippen molar-refractivity contribution < 1.29 is 9.53 Å². The maximum absolute atomic E-state index is 11.9. The summed E-state index contributed by atoms with van der Waals surface area (Å²) in [6, 6.07) is 8.83. The number of ether oxygens (including phenoxy) is 1. The summed E-state index contributed by atoms with van der Waals surface area (Å²) < 4.78 is 6.21. The lowest BCUT2D eigenvalue weighted by molar-refractivity contribution is 0.0593. The SMILES string of the molecule is COC(=O)c1c(N)c(C#N)cn1-c1ccc(C(N)=S)cc1. The second-order valence-electron chi connectivity index (χ2n) is 4.19. The molecule has 1 heterocycles. The summed E-state index contributed by atoms with van der Waals surface area (Å²) in [6.45, 7) is 0. The second kappa shape index (κ2) is 5.64. The van der Waals surface area contributed by atoms with E-state index in [1.165, 1.54) is 17.9 Å². The predicted molar refractivity (Wildman–Crippen MR) is 82.1 cm³/mol. The van der Waals surface area contributed by atoms with Gasteiger partial charge in [0.15, 0.2) is 5.69 Å². The maximum atomic E-state index is 11.9. The lowest BCUT2D eigenvalue weighted by Crippen LogP contribution is -2.12. The first kappa shape index (κ1) is 14.6. The van der Waals surface area contributed by atoms with E-state index in [1.54, 1.807) is 24.3 Å². The van der Waals surface area contributed by atoms with Crippen molar-refractivity contribution in [2.45, 2.75) is 0 Å². The van der Waals surface area contributed by atoms with Crippen molar-refractivity contribution in [3.63, 3.8) is 0 Å². The number of thiocarbonyl (C=S) groups is 1. The number of hydrogen-bond acceptors (Lipinski definition) is 5. The third-order valence-electron chi connectivity index (χ3n) is 2.97.